The maximum Gasteiger partial charge on any atom is 0.268 e. The van der Waals surface area contributed by atoms with E-state index in [1.165, 1.54) is 40.5 Å². The van der Waals surface area contributed by atoms with Crippen LogP contribution in [-0.2, 0) is 13.2 Å². The average Bonchev–Trinajstić information content (AvgIpc) is 3.39. The van der Waals surface area contributed by atoms with Gasteiger partial charge in [0.05, 0.1) is 11.4 Å². The molecule has 6 nitrogen and oxygen atoms in total. The third kappa shape index (κ3) is 5.27. The van der Waals surface area contributed by atoms with Gasteiger partial charge in [-0.1, -0.05) is 17.7 Å². The molecule has 0 saturated heterocycles. The van der Waals surface area contributed by atoms with Gasteiger partial charge in [0, 0.05) is 16.7 Å². The summed E-state index contributed by atoms with van der Waals surface area (Å²) in [6.45, 7) is 0.264. The summed E-state index contributed by atoms with van der Waals surface area (Å²) in [5.74, 6) is -2.35. The number of hydrogen-bond donors (Lipinski definition) is 1. The lowest BCUT2D eigenvalue weighted by Gasteiger charge is -2.05. The van der Waals surface area contributed by atoms with Crippen LogP contribution in [0.5, 0.6) is 5.75 Å². The second-order valence-electron chi connectivity index (χ2n) is 6.64. The van der Waals surface area contributed by atoms with Crippen molar-refractivity contribution in [1.82, 2.24) is 14.8 Å². The van der Waals surface area contributed by atoms with Crippen LogP contribution in [0.3, 0.4) is 0 Å². The Labute approximate surface area is 189 Å². The molecule has 0 saturated carbocycles. The summed E-state index contributed by atoms with van der Waals surface area (Å²) in [7, 11) is 0. The van der Waals surface area contributed by atoms with E-state index in [-0.39, 0.29) is 29.9 Å². The fourth-order valence-corrected chi connectivity index (χ4v) is 3.76. The summed E-state index contributed by atoms with van der Waals surface area (Å²) < 4.78 is 46.6. The topological polar surface area (TPSA) is 69.0 Å². The van der Waals surface area contributed by atoms with E-state index >= 15 is 0 Å². The van der Waals surface area contributed by atoms with Gasteiger partial charge < -0.3 is 4.74 Å². The normalized spacial score (nSPS) is 10.9. The SMILES string of the molecule is O=C(Nc1ncn(Cc2ccc(F)cc2Cl)n1)c1cc(COc2ccc(F)cc2F)cs1. The molecule has 4 aromatic rings. The average molecular weight is 479 g/mol. The molecule has 32 heavy (non-hydrogen) atoms. The van der Waals surface area contributed by atoms with Crippen LogP contribution in [0.15, 0.2) is 54.2 Å². The summed E-state index contributed by atoms with van der Waals surface area (Å²) in [5, 5.41) is 8.70. The molecule has 11 heteroatoms. The molecule has 2 aromatic heterocycles. The number of rotatable bonds is 7. The van der Waals surface area contributed by atoms with E-state index in [0.717, 1.165) is 12.1 Å². The minimum atomic E-state index is -0.804. The van der Waals surface area contributed by atoms with E-state index in [1.807, 2.05) is 0 Å². The quantitative estimate of drug-likeness (QED) is 0.392. The molecule has 1 amide bonds. The Kier molecular flexibility index (Phi) is 6.42. The van der Waals surface area contributed by atoms with Crippen LogP contribution in [-0.4, -0.2) is 20.7 Å². The molecular formula is C21H14ClF3N4O2S. The summed E-state index contributed by atoms with van der Waals surface area (Å²) in [6.07, 6.45) is 1.42. The van der Waals surface area contributed by atoms with Gasteiger partial charge in [0.2, 0.25) is 5.95 Å². The smallest absolute Gasteiger partial charge is 0.268 e. The van der Waals surface area contributed by atoms with Gasteiger partial charge in [-0.2, -0.15) is 0 Å². The number of aromatic nitrogens is 3. The monoisotopic (exact) mass is 478 g/mol. The zero-order valence-corrected chi connectivity index (χ0v) is 17.8. The highest BCUT2D eigenvalue weighted by molar-refractivity contribution is 7.12. The number of thiophene rings is 1. The second kappa shape index (κ2) is 9.41. The first-order valence-corrected chi connectivity index (χ1v) is 10.4. The zero-order chi connectivity index (χ0) is 22.7. The van der Waals surface area contributed by atoms with Gasteiger partial charge >= 0.3 is 0 Å². The maximum atomic E-state index is 13.6. The lowest BCUT2D eigenvalue weighted by Crippen LogP contribution is -2.12. The van der Waals surface area contributed by atoms with Crippen molar-refractivity contribution < 1.29 is 22.7 Å². The largest absolute Gasteiger partial charge is 0.486 e. The predicted molar refractivity (Wildman–Crippen MR) is 113 cm³/mol. The van der Waals surface area contributed by atoms with Crippen LogP contribution in [0.25, 0.3) is 0 Å². The number of amides is 1. The third-order valence-corrected chi connectivity index (χ3v) is 5.60. The number of anilines is 1. The zero-order valence-electron chi connectivity index (χ0n) is 16.2. The Bertz CT molecular complexity index is 1280. The number of hydrogen-bond acceptors (Lipinski definition) is 5. The molecule has 0 unspecified atom stereocenters. The van der Waals surface area contributed by atoms with Crippen molar-refractivity contribution >= 4 is 34.8 Å². The number of benzene rings is 2. The highest BCUT2D eigenvalue weighted by Gasteiger charge is 2.14. The Morgan fingerprint density at radius 1 is 1.12 bits per heavy atom. The van der Waals surface area contributed by atoms with Gasteiger partial charge in [0.25, 0.3) is 5.91 Å². The summed E-state index contributed by atoms with van der Waals surface area (Å²) in [5.41, 5.74) is 1.30. The van der Waals surface area contributed by atoms with Crippen LogP contribution in [0.1, 0.15) is 20.8 Å². The van der Waals surface area contributed by atoms with Crippen molar-refractivity contribution in [1.29, 1.82) is 0 Å². The molecule has 0 aliphatic rings. The van der Waals surface area contributed by atoms with E-state index < -0.39 is 23.4 Å². The van der Waals surface area contributed by atoms with Gasteiger partial charge in [-0.3, -0.25) is 10.1 Å². The van der Waals surface area contributed by atoms with E-state index in [4.69, 9.17) is 16.3 Å². The first-order chi connectivity index (χ1) is 15.4. The maximum absolute atomic E-state index is 13.6. The number of halogens is 4. The van der Waals surface area contributed by atoms with Crippen molar-refractivity contribution in [3.05, 3.63) is 92.7 Å². The molecule has 0 aliphatic heterocycles. The fourth-order valence-electron chi connectivity index (χ4n) is 2.74. The molecule has 0 bridgehead atoms. The molecule has 0 aliphatic carbocycles. The van der Waals surface area contributed by atoms with E-state index in [9.17, 15) is 18.0 Å². The third-order valence-electron chi connectivity index (χ3n) is 4.28. The van der Waals surface area contributed by atoms with Crippen molar-refractivity contribution in [3.63, 3.8) is 0 Å². The number of carbonyl (C=O) groups is 1. The standard InChI is InChI=1S/C21H14ClF3N4O2S/c22-16-6-14(23)2-1-13(16)8-29-11-26-21(28-29)27-20(30)19-5-12(10-32-19)9-31-18-4-3-15(24)7-17(18)25/h1-7,10-11H,8-9H2,(H,27,28,30). The highest BCUT2D eigenvalue weighted by Crippen LogP contribution is 2.22. The summed E-state index contributed by atoms with van der Waals surface area (Å²) in [6, 6.07) is 8.68. The molecule has 164 valence electrons. The first-order valence-electron chi connectivity index (χ1n) is 9.17. The first kappa shape index (κ1) is 21.8. The number of nitrogens with zero attached hydrogens (tertiary/aromatic N) is 3. The highest BCUT2D eigenvalue weighted by atomic mass is 35.5. The van der Waals surface area contributed by atoms with Gasteiger partial charge in [0.1, 0.15) is 24.6 Å². The van der Waals surface area contributed by atoms with E-state index in [2.05, 4.69) is 15.4 Å². The molecule has 0 atom stereocenters. The molecule has 0 spiro atoms. The van der Waals surface area contributed by atoms with Crippen molar-refractivity contribution in [3.8, 4) is 5.75 Å². The van der Waals surface area contributed by atoms with E-state index in [0.29, 0.717) is 16.0 Å². The van der Waals surface area contributed by atoms with Crippen molar-refractivity contribution in [2.75, 3.05) is 5.32 Å². The van der Waals surface area contributed by atoms with Crippen molar-refractivity contribution in [2.24, 2.45) is 0 Å². The van der Waals surface area contributed by atoms with E-state index in [1.54, 1.807) is 17.5 Å². The number of nitrogens with one attached hydrogen (secondary N) is 1. The Morgan fingerprint density at radius 2 is 1.91 bits per heavy atom. The van der Waals surface area contributed by atoms with Crippen molar-refractivity contribution in [2.45, 2.75) is 13.2 Å². The molecule has 0 fully saturated rings. The van der Waals surface area contributed by atoms with Crippen LogP contribution >= 0.6 is 22.9 Å². The molecule has 1 N–H and O–H groups in total. The Balaban J connectivity index is 1.35. The molecular weight excluding hydrogens is 465 g/mol. The summed E-state index contributed by atoms with van der Waals surface area (Å²) >= 11 is 7.19. The van der Waals surface area contributed by atoms with Crippen LogP contribution < -0.4 is 10.1 Å². The summed E-state index contributed by atoms with van der Waals surface area (Å²) in [4.78, 5) is 16.9. The van der Waals surface area contributed by atoms with Crippen LogP contribution in [0.4, 0.5) is 19.1 Å². The Morgan fingerprint density at radius 3 is 2.69 bits per heavy atom. The molecule has 0 radical (unpaired) electrons. The van der Waals surface area contributed by atoms with Gasteiger partial charge in [-0.05, 0) is 41.3 Å². The van der Waals surface area contributed by atoms with Gasteiger partial charge in [0.15, 0.2) is 11.6 Å². The second-order valence-corrected chi connectivity index (χ2v) is 7.96. The minimum absolute atomic E-state index is 0.0115. The molecule has 2 aromatic carbocycles. The minimum Gasteiger partial charge on any atom is -0.486 e. The number of carbonyl (C=O) groups excluding carboxylic acids is 1. The Hall–Kier alpha value is -3.37. The number of ether oxygens (including phenoxy) is 1. The van der Waals surface area contributed by atoms with Gasteiger partial charge in [-0.15, -0.1) is 16.4 Å². The lowest BCUT2D eigenvalue weighted by atomic mass is 10.2. The molecule has 2 heterocycles. The lowest BCUT2D eigenvalue weighted by molar-refractivity contribution is 0.102. The fraction of sp³-hybridized carbons (Fsp3) is 0.0952. The molecule has 4 rings (SSSR count). The predicted octanol–water partition coefficient (Wildman–Crippen LogP) is 5.29. The van der Waals surface area contributed by atoms with Crippen LogP contribution in [0.2, 0.25) is 5.02 Å². The van der Waals surface area contributed by atoms with Gasteiger partial charge in [-0.25, -0.2) is 22.8 Å². The van der Waals surface area contributed by atoms with Crippen LogP contribution in [0, 0.1) is 17.5 Å².